The molecule has 0 atom stereocenters. The Bertz CT molecular complexity index is 741. The Balaban J connectivity index is 2.10. The molecule has 90 valence electrons. The van der Waals surface area contributed by atoms with E-state index in [2.05, 4.69) is 9.97 Å². The van der Waals surface area contributed by atoms with Crippen LogP contribution in [0, 0.1) is 0 Å². The molecule has 0 aliphatic carbocycles. The van der Waals surface area contributed by atoms with Gasteiger partial charge in [-0.3, -0.25) is 4.98 Å². The first kappa shape index (κ1) is 10.6. The van der Waals surface area contributed by atoms with E-state index in [-0.39, 0.29) is 0 Å². The summed E-state index contributed by atoms with van der Waals surface area (Å²) in [5, 5.41) is 0.764. The lowest BCUT2D eigenvalue weighted by Gasteiger charge is -2.00. The molecule has 0 saturated carbocycles. The number of ether oxygens (including phenoxy) is 1. The Morgan fingerprint density at radius 3 is 2.78 bits per heavy atom. The first-order valence-corrected chi connectivity index (χ1v) is 5.39. The van der Waals surface area contributed by atoms with Gasteiger partial charge < -0.3 is 9.15 Å². The number of aromatic amines is 1. The number of hydrogen-bond acceptors (Lipinski definition) is 4. The van der Waals surface area contributed by atoms with E-state index in [1.54, 1.807) is 7.11 Å². The number of furan rings is 1. The molecule has 0 spiro atoms. The van der Waals surface area contributed by atoms with Crippen LogP contribution in [0.2, 0.25) is 0 Å². The standard InChI is InChI=1S/C13H10N2O3/c1-17-10-4-2-8(3-5-10)11-6-9-7-14-13(16)15-12(9)18-11/h2-7H,1H3,(H,14,15,16). The first-order chi connectivity index (χ1) is 8.76. The summed E-state index contributed by atoms with van der Waals surface area (Å²) in [6.45, 7) is 0. The third kappa shape index (κ3) is 1.75. The third-order valence-electron chi connectivity index (χ3n) is 2.68. The second kappa shape index (κ2) is 4.03. The summed E-state index contributed by atoms with van der Waals surface area (Å²) in [6.07, 6.45) is 1.49. The van der Waals surface area contributed by atoms with Gasteiger partial charge in [0.2, 0.25) is 5.71 Å². The topological polar surface area (TPSA) is 68.1 Å². The number of methoxy groups -OCH3 is 1. The lowest BCUT2D eigenvalue weighted by atomic mass is 10.1. The van der Waals surface area contributed by atoms with Crippen LogP contribution in [0.5, 0.6) is 5.75 Å². The van der Waals surface area contributed by atoms with Crippen LogP contribution in [0.25, 0.3) is 22.4 Å². The molecule has 0 radical (unpaired) electrons. The van der Waals surface area contributed by atoms with Crippen LogP contribution in [0.1, 0.15) is 0 Å². The molecule has 18 heavy (non-hydrogen) atoms. The molecule has 0 aliphatic heterocycles. The number of nitrogens with zero attached hydrogens (tertiary/aromatic N) is 1. The highest BCUT2D eigenvalue weighted by Gasteiger charge is 2.07. The average molecular weight is 242 g/mol. The number of aromatic nitrogens is 2. The van der Waals surface area contributed by atoms with Crippen molar-refractivity contribution in [3.8, 4) is 17.1 Å². The van der Waals surface area contributed by atoms with Gasteiger partial charge in [-0.1, -0.05) is 0 Å². The van der Waals surface area contributed by atoms with Crippen LogP contribution >= 0.6 is 0 Å². The molecule has 0 amide bonds. The summed E-state index contributed by atoms with van der Waals surface area (Å²) in [5.41, 5.74) is 0.923. The minimum absolute atomic E-state index is 0.418. The molecular formula is C13H10N2O3. The molecule has 2 aromatic heterocycles. The molecule has 0 fully saturated rings. The van der Waals surface area contributed by atoms with Crippen molar-refractivity contribution >= 4 is 11.1 Å². The maximum atomic E-state index is 11.1. The molecule has 0 saturated heterocycles. The van der Waals surface area contributed by atoms with Gasteiger partial charge in [0, 0.05) is 11.8 Å². The Labute approximate surface area is 102 Å². The summed E-state index contributed by atoms with van der Waals surface area (Å²) in [4.78, 5) is 17.3. The second-order valence-electron chi connectivity index (χ2n) is 3.81. The fourth-order valence-electron chi connectivity index (χ4n) is 1.75. The molecule has 5 heteroatoms. The molecule has 0 unspecified atom stereocenters. The first-order valence-electron chi connectivity index (χ1n) is 5.39. The van der Waals surface area contributed by atoms with Crippen molar-refractivity contribution in [2.45, 2.75) is 0 Å². The molecule has 2 heterocycles. The van der Waals surface area contributed by atoms with Crippen LogP contribution in [0.3, 0.4) is 0 Å². The fourth-order valence-corrected chi connectivity index (χ4v) is 1.75. The Morgan fingerprint density at radius 1 is 1.28 bits per heavy atom. The Morgan fingerprint density at radius 2 is 2.06 bits per heavy atom. The van der Waals surface area contributed by atoms with Gasteiger partial charge in [-0.25, -0.2) is 9.78 Å². The fraction of sp³-hybridized carbons (Fsp3) is 0.0769. The zero-order valence-corrected chi connectivity index (χ0v) is 9.64. The highest BCUT2D eigenvalue weighted by Crippen LogP contribution is 2.27. The SMILES string of the molecule is COc1ccc(-c2cc3cnc(=O)[nH]c3o2)cc1. The van der Waals surface area contributed by atoms with Gasteiger partial charge in [0.1, 0.15) is 11.5 Å². The van der Waals surface area contributed by atoms with Gasteiger partial charge in [-0.2, -0.15) is 0 Å². The summed E-state index contributed by atoms with van der Waals surface area (Å²) in [6, 6.07) is 9.32. The molecule has 0 aliphatic rings. The smallest absolute Gasteiger partial charge is 0.347 e. The van der Waals surface area contributed by atoms with Gasteiger partial charge in [0.05, 0.1) is 12.5 Å². The van der Waals surface area contributed by atoms with Crippen molar-refractivity contribution in [3.05, 3.63) is 47.0 Å². The van der Waals surface area contributed by atoms with Crippen molar-refractivity contribution < 1.29 is 9.15 Å². The lowest BCUT2D eigenvalue weighted by molar-refractivity contribution is 0.415. The lowest BCUT2D eigenvalue weighted by Crippen LogP contribution is -2.07. The summed E-state index contributed by atoms with van der Waals surface area (Å²) in [5.74, 6) is 1.46. The van der Waals surface area contributed by atoms with Crippen LogP contribution in [-0.4, -0.2) is 17.1 Å². The van der Waals surface area contributed by atoms with Crippen LogP contribution in [0.15, 0.2) is 45.7 Å². The van der Waals surface area contributed by atoms with Gasteiger partial charge in [-0.15, -0.1) is 0 Å². The predicted octanol–water partition coefficient (Wildman–Crippen LogP) is 2.19. The van der Waals surface area contributed by atoms with Gasteiger partial charge in [0.25, 0.3) is 0 Å². The van der Waals surface area contributed by atoms with Crippen molar-refractivity contribution in [3.63, 3.8) is 0 Å². The minimum atomic E-state index is -0.418. The normalized spacial score (nSPS) is 10.7. The number of hydrogen-bond donors (Lipinski definition) is 1. The number of H-pyrrole nitrogens is 1. The maximum Gasteiger partial charge on any atom is 0.347 e. The molecule has 1 aromatic carbocycles. The molecule has 3 rings (SSSR count). The van der Waals surface area contributed by atoms with E-state index < -0.39 is 5.69 Å². The zero-order valence-electron chi connectivity index (χ0n) is 9.64. The van der Waals surface area contributed by atoms with E-state index in [0.29, 0.717) is 11.5 Å². The monoisotopic (exact) mass is 242 g/mol. The summed E-state index contributed by atoms with van der Waals surface area (Å²) in [7, 11) is 1.62. The van der Waals surface area contributed by atoms with E-state index in [0.717, 1.165) is 16.7 Å². The largest absolute Gasteiger partial charge is 0.497 e. The molecule has 1 N–H and O–H groups in total. The van der Waals surface area contributed by atoms with Gasteiger partial charge in [-0.05, 0) is 30.3 Å². The van der Waals surface area contributed by atoms with Gasteiger partial charge in [0.15, 0.2) is 0 Å². The number of benzene rings is 1. The third-order valence-corrected chi connectivity index (χ3v) is 2.68. The van der Waals surface area contributed by atoms with Crippen molar-refractivity contribution in [2.24, 2.45) is 0 Å². The van der Waals surface area contributed by atoms with Crippen LogP contribution in [0.4, 0.5) is 0 Å². The summed E-state index contributed by atoms with van der Waals surface area (Å²) >= 11 is 0. The molecule has 3 aromatic rings. The van der Waals surface area contributed by atoms with E-state index >= 15 is 0 Å². The average Bonchev–Trinajstić information content (AvgIpc) is 2.81. The van der Waals surface area contributed by atoms with Crippen molar-refractivity contribution in [1.29, 1.82) is 0 Å². The quantitative estimate of drug-likeness (QED) is 0.747. The second-order valence-corrected chi connectivity index (χ2v) is 3.81. The maximum absolute atomic E-state index is 11.1. The van der Waals surface area contributed by atoms with Crippen LogP contribution in [-0.2, 0) is 0 Å². The van der Waals surface area contributed by atoms with Crippen molar-refractivity contribution in [2.75, 3.05) is 7.11 Å². The number of rotatable bonds is 2. The predicted molar refractivity (Wildman–Crippen MR) is 66.6 cm³/mol. The Kier molecular flexibility index (Phi) is 2.37. The minimum Gasteiger partial charge on any atom is -0.497 e. The summed E-state index contributed by atoms with van der Waals surface area (Å²) < 4.78 is 10.7. The highest BCUT2D eigenvalue weighted by atomic mass is 16.5. The molecule has 0 bridgehead atoms. The molecule has 5 nitrogen and oxygen atoms in total. The van der Waals surface area contributed by atoms with E-state index in [4.69, 9.17) is 9.15 Å². The van der Waals surface area contributed by atoms with Crippen molar-refractivity contribution in [1.82, 2.24) is 9.97 Å². The van der Waals surface area contributed by atoms with Gasteiger partial charge >= 0.3 is 5.69 Å². The number of fused-ring (bicyclic) bond motifs is 1. The Hall–Kier alpha value is -2.56. The van der Waals surface area contributed by atoms with E-state index in [1.165, 1.54) is 6.20 Å². The zero-order chi connectivity index (χ0) is 12.5. The van der Waals surface area contributed by atoms with E-state index in [9.17, 15) is 4.79 Å². The van der Waals surface area contributed by atoms with Crippen LogP contribution < -0.4 is 10.4 Å². The highest BCUT2D eigenvalue weighted by molar-refractivity contribution is 5.78. The number of nitrogens with one attached hydrogen (secondary N) is 1. The van der Waals surface area contributed by atoms with E-state index in [1.807, 2.05) is 30.3 Å². The molecular weight excluding hydrogens is 232 g/mol.